The van der Waals surface area contributed by atoms with Crippen LogP contribution in [0.2, 0.25) is 0 Å². The molecule has 0 aliphatic carbocycles. The number of nitrogen functional groups attached to an aromatic ring is 1. The number of H-pyrrole nitrogens is 1. The number of aromatic nitrogens is 4. The van der Waals surface area contributed by atoms with Crippen molar-refractivity contribution < 1.29 is 4.68 Å². The van der Waals surface area contributed by atoms with Crippen LogP contribution in [-0.2, 0) is 7.05 Å². The van der Waals surface area contributed by atoms with Crippen LogP contribution in [0.1, 0.15) is 0 Å². The monoisotopic (exact) mass is 226 g/mol. The lowest BCUT2D eigenvalue weighted by molar-refractivity contribution is -0.724. The Morgan fingerprint density at radius 2 is 1.94 bits per heavy atom. The molecule has 5 heteroatoms. The summed E-state index contributed by atoms with van der Waals surface area (Å²) in [6.07, 6.45) is 1.87. The van der Waals surface area contributed by atoms with Crippen LogP contribution in [0.5, 0.6) is 0 Å². The lowest BCUT2D eigenvalue weighted by Gasteiger charge is -2.00. The van der Waals surface area contributed by atoms with Gasteiger partial charge in [-0.3, -0.25) is 0 Å². The van der Waals surface area contributed by atoms with E-state index in [1.807, 2.05) is 48.3 Å². The van der Waals surface area contributed by atoms with Crippen molar-refractivity contribution in [3.63, 3.8) is 0 Å². The van der Waals surface area contributed by atoms with Crippen LogP contribution in [0.4, 0.5) is 5.82 Å². The summed E-state index contributed by atoms with van der Waals surface area (Å²) in [5.74, 6) is 1.13. The van der Waals surface area contributed by atoms with E-state index in [1.165, 1.54) is 0 Å². The van der Waals surface area contributed by atoms with Gasteiger partial charge in [0, 0.05) is 5.56 Å². The Kier molecular flexibility index (Phi) is 2.04. The first-order valence-corrected chi connectivity index (χ1v) is 5.31. The van der Waals surface area contributed by atoms with Gasteiger partial charge in [0.1, 0.15) is 11.2 Å². The third kappa shape index (κ3) is 1.61. The van der Waals surface area contributed by atoms with Gasteiger partial charge in [-0.2, -0.15) is 0 Å². The van der Waals surface area contributed by atoms with E-state index in [-0.39, 0.29) is 0 Å². The van der Waals surface area contributed by atoms with Gasteiger partial charge in [0.25, 0.3) is 0 Å². The summed E-state index contributed by atoms with van der Waals surface area (Å²) in [5, 5.41) is 3.93. The Morgan fingerprint density at radius 1 is 1.18 bits per heavy atom. The number of nitrogens with two attached hydrogens (primary N) is 1. The number of fused-ring (bicyclic) bond motifs is 1. The lowest BCUT2D eigenvalue weighted by atomic mass is 10.2. The van der Waals surface area contributed by atoms with Crippen molar-refractivity contribution in [2.45, 2.75) is 0 Å². The fourth-order valence-corrected chi connectivity index (χ4v) is 1.81. The Labute approximate surface area is 97.9 Å². The molecule has 1 aromatic carbocycles. The summed E-state index contributed by atoms with van der Waals surface area (Å²) in [6.45, 7) is 0. The maximum absolute atomic E-state index is 5.92. The molecule has 0 spiro atoms. The Hall–Kier alpha value is -2.43. The largest absolute Gasteiger partial charge is 0.383 e. The average Bonchev–Trinajstić information content (AvgIpc) is 2.71. The van der Waals surface area contributed by atoms with Crippen molar-refractivity contribution in [1.29, 1.82) is 0 Å². The first-order valence-electron chi connectivity index (χ1n) is 5.31. The molecule has 3 aromatic rings. The minimum atomic E-state index is 0.491. The molecule has 17 heavy (non-hydrogen) atoms. The molecule has 2 aromatic heterocycles. The van der Waals surface area contributed by atoms with E-state index in [1.54, 1.807) is 0 Å². The number of benzene rings is 1. The summed E-state index contributed by atoms with van der Waals surface area (Å²) in [4.78, 5) is 8.78. The number of rotatable bonds is 1. The highest BCUT2D eigenvalue weighted by Crippen LogP contribution is 2.20. The molecule has 0 bridgehead atoms. The van der Waals surface area contributed by atoms with Crippen molar-refractivity contribution in [2.75, 3.05) is 5.73 Å². The van der Waals surface area contributed by atoms with Crippen molar-refractivity contribution in [2.24, 2.45) is 7.05 Å². The number of aryl methyl sites for hydroxylation is 1. The van der Waals surface area contributed by atoms with Gasteiger partial charge < -0.3 is 5.73 Å². The van der Waals surface area contributed by atoms with Crippen LogP contribution in [-0.4, -0.2) is 15.1 Å². The molecule has 0 fully saturated rings. The van der Waals surface area contributed by atoms with E-state index in [0.29, 0.717) is 11.6 Å². The molecule has 84 valence electrons. The Morgan fingerprint density at radius 3 is 2.71 bits per heavy atom. The summed E-state index contributed by atoms with van der Waals surface area (Å²) >= 11 is 0. The summed E-state index contributed by atoms with van der Waals surface area (Å²) in [5.41, 5.74) is 7.63. The molecule has 3 rings (SSSR count). The third-order valence-corrected chi connectivity index (χ3v) is 2.61. The molecule has 0 unspecified atom stereocenters. The van der Waals surface area contributed by atoms with Crippen LogP contribution in [0, 0.1) is 0 Å². The predicted molar refractivity (Wildman–Crippen MR) is 64.9 cm³/mol. The summed E-state index contributed by atoms with van der Waals surface area (Å²) < 4.78 is 1.81. The van der Waals surface area contributed by atoms with Gasteiger partial charge in [0.2, 0.25) is 11.8 Å². The van der Waals surface area contributed by atoms with Crippen LogP contribution in [0.25, 0.3) is 22.4 Å². The molecule has 0 atom stereocenters. The van der Waals surface area contributed by atoms with Crippen LogP contribution in [0.3, 0.4) is 0 Å². The molecule has 0 radical (unpaired) electrons. The average molecular weight is 226 g/mol. The van der Waals surface area contributed by atoms with Gasteiger partial charge in [-0.15, -0.1) is 9.78 Å². The number of nitrogens with one attached hydrogen (secondary N) is 1. The molecule has 0 saturated carbocycles. The number of aromatic amines is 1. The zero-order valence-electron chi connectivity index (χ0n) is 9.38. The summed E-state index contributed by atoms with van der Waals surface area (Å²) in [7, 11) is 1.89. The van der Waals surface area contributed by atoms with Crippen LogP contribution >= 0.6 is 0 Å². The second-order valence-electron chi connectivity index (χ2n) is 3.91. The molecule has 0 saturated heterocycles. The van der Waals surface area contributed by atoms with Gasteiger partial charge in [-0.1, -0.05) is 30.3 Å². The molecule has 3 N–H and O–H groups in total. The van der Waals surface area contributed by atoms with E-state index >= 15 is 0 Å². The number of anilines is 1. The smallest absolute Gasteiger partial charge is 0.208 e. The molecule has 0 amide bonds. The zero-order valence-corrected chi connectivity index (χ0v) is 9.38. The quantitative estimate of drug-likeness (QED) is 0.609. The highest BCUT2D eigenvalue weighted by atomic mass is 15.3. The number of nitrogens with zero attached hydrogens (tertiary/aromatic N) is 3. The van der Waals surface area contributed by atoms with Crippen LogP contribution in [0.15, 0.2) is 36.5 Å². The fraction of sp³-hybridized carbons (Fsp3) is 0.0833. The molecule has 0 aliphatic heterocycles. The van der Waals surface area contributed by atoms with Crippen molar-refractivity contribution in [3.8, 4) is 11.4 Å². The van der Waals surface area contributed by atoms with E-state index in [0.717, 1.165) is 16.6 Å². The van der Waals surface area contributed by atoms with Crippen molar-refractivity contribution in [1.82, 2.24) is 15.1 Å². The Bertz CT molecular complexity index is 672. The molecular weight excluding hydrogens is 214 g/mol. The van der Waals surface area contributed by atoms with Crippen molar-refractivity contribution in [3.05, 3.63) is 36.5 Å². The molecular formula is C12H12N5+. The van der Waals surface area contributed by atoms with Gasteiger partial charge in [-0.05, 0) is 0 Å². The van der Waals surface area contributed by atoms with E-state index < -0.39 is 0 Å². The maximum Gasteiger partial charge on any atom is 0.208 e. The van der Waals surface area contributed by atoms with Gasteiger partial charge in [-0.25, -0.2) is 9.97 Å². The first kappa shape index (κ1) is 9.77. The minimum absolute atomic E-state index is 0.491. The van der Waals surface area contributed by atoms with Crippen molar-refractivity contribution >= 4 is 16.9 Å². The Balaban J connectivity index is 2.25. The second-order valence-corrected chi connectivity index (χ2v) is 3.91. The van der Waals surface area contributed by atoms with E-state index in [2.05, 4.69) is 15.1 Å². The standard InChI is InChI=1S/C12H11N5/c1-17-7-9-10(13)14-11(15-12(9)16-17)8-5-3-2-4-6-8/h2-7H,1H3,(H2,13,14,15,16)/p+1. The SMILES string of the molecule is C[n+]1cc2c(N)nc(-c3ccccc3)nc2[nH]1. The summed E-state index contributed by atoms with van der Waals surface area (Å²) in [6, 6.07) is 9.79. The molecule has 2 heterocycles. The zero-order chi connectivity index (χ0) is 11.8. The topological polar surface area (TPSA) is 71.5 Å². The van der Waals surface area contributed by atoms with E-state index in [9.17, 15) is 0 Å². The van der Waals surface area contributed by atoms with Gasteiger partial charge >= 0.3 is 0 Å². The maximum atomic E-state index is 5.92. The number of hydrogen-bond acceptors (Lipinski definition) is 3. The fourth-order valence-electron chi connectivity index (χ4n) is 1.81. The molecule has 5 nitrogen and oxygen atoms in total. The highest BCUT2D eigenvalue weighted by molar-refractivity contribution is 5.85. The second kappa shape index (κ2) is 3.55. The minimum Gasteiger partial charge on any atom is -0.383 e. The van der Waals surface area contributed by atoms with Crippen LogP contribution < -0.4 is 10.4 Å². The highest BCUT2D eigenvalue weighted by Gasteiger charge is 2.12. The normalized spacial score (nSPS) is 10.9. The first-order chi connectivity index (χ1) is 8.24. The lowest BCUT2D eigenvalue weighted by Crippen LogP contribution is -2.28. The van der Waals surface area contributed by atoms with Gasteiger partial charge in [0.15, 0.2) is 12.9 Å². The van der Waals surface area contributed by atoms with Gasteiger partial charge in [0.05, 0.1) is 0 Å². The molecule has 0 aliphatic rings. The predicted octanol–water partition coefficient (Wildman–Crippen LogP) is 1.03. The third-order valence-electron chi connectivity index (χ3n) is 2.61. The van der Waals surface area contributed by atoms with E-state index in [4.69, 9.17) is 5.73 Å². The number of hydrogen-bond donors (Lipinski definition) is 2.